The maximum Gasteiger partial charge on any atom is 1.00 e. The van der Waals surface area contributed by atoms with Crippen LogP contribution in [-0.2, 0) is 58.3 Å². The Morgan fingerprint density at radius 2 is 1.41 bits per heavy atom. The van der Waals surface area contributed by atoms with Gasteiger partial charge in [0.25, 0.3) is 11.5 Å². The van der Waals surface area contributed by atoms with Gasteiger partial charge in [-0.1, -0.05) is 18.2 Å². The van der Waals surface area contributed by atoms with Crippen molar-refractivity contribution in [1.29, 1.82) is 0 Å². The molecule has 1 N–H and O–H groups in total. The number of hydrazone groups is 1. The van der Waals surface area contributed by atoms with Crippen LogP contribution in [0.15, 0.2) is 84.1 Å². The molecule has 2 aromatic carbocycles. The van der Waals surface area contributed by atoms with Gasteiger partial charge in [0.15, 0.2) is 5.69 Å². The molecule has 0 bridgehead atoms. The van der Waals surface area contributed by atoms with E-state index in [1.54, 1.807) is 6.92 Å². The van der Waals surface area contributed by atoms with Crippen molar-refractivity contribution in [3.63, 3.8) is 0 Å². The SMILES string of the molecule is CCOOCC1=NN(c2cc(SOO[O-])ccc2S(=O)(=O)[O-])C(=O)[C@@H]1CC=CC=Cc1c(C(=O)OCC)[nH]n(-c2cc(SOO[O-])ccc2S(=O)(=O)[O-])c1=O.[K+].[K+].[K+].[K+]. The third kappa shape index (κ3) is 17.5. The Labute approximate surface area is 515 Å². The summed E-state index contributed by atoms with van der Waals surface area (Å²) in [5, 5.41) is 34.4. The smallest absolute Gasteiger partial charge is 0.744 e. The minimum atomic E-state index is -5.20. The van der Waals surface area contributed by atoms with Crippen LogP contribution in [0.25, 0.3) is 11.8 Å². The predicted octanol–water partition coefficient (Wildman–Crippen LogP) is -11.4. The molecule has 59 heavy (non-hydrogen) atoms. The molecule has 1 atom stereocenters. The van der Waals surface area contributed by atoms with E-state index in [1.165, 1.54) is 25.2 Å². The summed E-state index contributed by atoms with van der Waals surface area (Å²) in [5.41, 5.74) is -2.74. The van der Waals surface area contributed by atoms with Crippen LogP contribution in [0, 0.1) is 5.92 Å². The van der Waals surface area contributed by atoms with Crippen molar-refractivity contribution in [3.05, 3.63) is 76.2 Å². The normalized spacial score (nSPS) is 14.1. The molecular formula is C29H26K4N4O18S4. The Balaban J connectivity index is 0.00000841. The molecule has 2 heterocycles. The molecule has 0 saturated heterocycles. The van der Waals surface area contributed by atoms with Gasteiger partial charge in [0.1, 0.15) is 26.8 Å². The van der Waals surface area contributed by atoms with Gasteiger partial charge in [0, 0.05) is 9.79 Å². The number of rotatable bonds is 20. The van der Waals surface area contributed by atoms with E-state index in [-0.39, 0.29) is 253 Å². The maximum atomic E-state index is 13.6. The number of allylic oxidation sites excluding steroid dienone is 3. The molecule has 1 aliphatic heterocycles. The quantitative estimate of drug-likeness (QED) is 0.0161. The Kier molecular flexibility index (Phi) is 31.0. The fourth-order valence-corrected chi connectivity index (χ4v) is 6.86. The Bertz CT molecular complexity index is 2270. The van der Waals surface area contributed by atoms with Crippen LogP contribution < -0.4 is 227 Å². The van der Waals surface area contributed by atoms with Crippen LogP contribution in [-0.4, -0.2) is 73.1 Å². The molecule has 4 rings (SSSR count). The minimum Gasteiger partial charge on any atom is -0.744 e. The molecule has 30 heteroatoms. The van der Waals surface area contributed by atoms with Crippen molar-refractivity contribution in [2.45, 2.75) is 39.9 Å². The predicted molar refractivity (Wildman–Crippen MR) is 180 cm³/mol. The monoisotopic (exact) mass is 1000 g/mol. The second-order valence-corrected chi connectivity index (χ2v) is 14.6. The number of amides is 1. The van der Waals surface area contributed by atoms with Gasteiger partial charge in [-0.15, -0.1) is 0 Å². The molecular weight excluding hydrogens is 977 g/mol. The number of esters is 1. The summed E-state index contributed by atoms with van der Waals surface area (Å²) in [6.07, 6.45) is 5.10. The van der Waals surface area contributed by atoms with Crippen molar-refractivity contribution < 1.29 is 285 Å². The van der Waals surface area contributed by atoms with Gasteiger partial charge in [-0.05, 0) is 62.7 Å². The largest absolute Gasteiger partial charge is 1.00 e. The Hall–Kier alpha value is 2.29. The standard InChI is InChI=1S/C29H30N4O18S4.4K/c1-3-45-29(36)26-20(28(35)33(31-26)23-15-18(53-51-49-38)11-13-25(23)55(42,43)44)9-7-5-6-8-19-21(16-47-46-4-2)30-32(27(19)34)22-14-17(52-50-48-37)10-12-24(22)54(39,40)41;;;;/h5-7,9-15,19,31,37-38H,3-4,8,16H2,1-2H3,(H,39,40,41)(H,42,43,44);;;;/q;4*+1/p-4/t19-;;;;/m1..../s1. The van der Waals surface area contributed by atoms with Crippen LogP contribution in [0.5, 0.6) is 0 Å². The first-order chi connectivity index (χ1) is 26.2. The van der Waals surface area contributed by atoms with Gasteiger partial charge in [-0.25, -0.2) is 36.1 Å². The van der Waals surface area contributed by atoms with E-state index in [4.69, 9.17) is 14.5 Å². The molecule has 22 nitrogen and oxygen atoms in total. The van der Waals surface area contributed by atoms with E-state index in [9.17, 15) is 50.8 Å². The van der Waals surface area contributed by atoms with Crippen LogP contribution in [0.3, 0.4) is 0 Å². The fraction of sp³-hybridized carbons (Fsp3) is 0.241. The minimum absolute atomic E-state index is 0. The topological polar surface area (TPSA) is 313 Å². The number of H-pyrrole nitrogens is 1. The van der Waals surface area contributed by atoms with Gasteiger partial charge in [-0.2, -0.15) is 18.8 Å². The van der Waals surface area contributed by atoms with Crippen LogP contribution in [0.1, 0.15) is 36.3 Å². The van der Waals surface area contributed by atoms with Crippen molar-refractivity contribution in [1.82, 2.24) is 9.78 Å². The zero-order valence-corrected chi connectivity index (χ0v) is 47.8. The van der Waals surface area contributed by atoms with Gasteiger partial charge >= 0.3 is 212 Å². The first kappa shape index (κ1) is 61.3. The average molecular weight is 1000 g/mol. The number of carbonyl (C=O) groups excluding carboxylic acids is 2. The molecule has 0 fully saturated rings. The summed E-state index contributed by atoms with van der Waals surface area (Å²) >= 11 is 0.695. The van der Waals surface area contributed by atoms with Crippen molar-refractivity contribution in [3.8, 4) is 5.69 Å². The molecule has 1 amide bonds. The van der Waals surface area contributed by atoms with E-state index in [0.29, 0.717) is 33.8 Å². The number of anilines is 1. The van der Waals surface area contributed by atoms with E-state index in [0.717, 1.165) is 42.5 Å². The van der Waals surface area contributed by atoms with Gasteiger partial charge in [-0.3, -0.25) is 24.8 Å². The molecule has 1 aromatic heterocycles. The third-order valence-corrected chi connectivity index (χ3v) is 9.93. The molecule has 0 radical (unpaired) electrons. The summed E-state index contributed by atoms with van der Waals surface area (Å²) in [4.78, 5) is 48.4. The summed E-state index contributed by atoms with van der Waals surface area (Å²) in [6.45, 7) is 2.75. The van der Waals surface area contributed by atoms with Crippen molar-refractivity contribution >= 4 is 73.7 Å². The van der Waals surface area contributed by atoms with Gasteiger partial charge < -0.3 is 24.4 Å². The summed E-state index contributed by atoms with van der Waals surface area (Å²) in [5.74, 6) is -2.94. The molecule has 3 aromatic rings. The van der Waals surface area contributed by atoms with E-state index in [2.05, 4.69) is 28.9 Å². The number of benzene rings is 2. The average Bonchev–Trinajstić information content (AvgIpc) is 3.63. The number of nitrogens with one attached hydrogen (secondary N) is 1. The van der Waals surface area contributed by atoms with Gasteiger partial charge in [0.05, 0.1) is 75.7 Å². The number of aromatic amines is 1. The number of ether oxygens (including phenoxy) is 1. The summed E-state index contributed by atoms with van der Waals surface area (Å²) in [7, 11) is -10.4. The van der Waals surface area contributed by atoms with E-state index < -0.39 is 70.4 Å². The van der Waals surface area contributed by atoms with Crippen molar-refractivity contribution in [2.75, 3.05) is 24.8 Å². The van der Waals surface area contributed by atoms with E-state index >= 15 is 0 Å². The van der Waals surface area contributed by atoms with Gasteiger partial charge in [0.2, 0.25) is 0 Å². The fourth-order valence-electron chi connectivity index (χ4n) is 4.81. The zero-order chi connectivity index (χ0) is 40.3. The molecule has 0 aliphatic carbocycles. The van der Waals surface area contributed by atoms with Crippen LogP contribution >= 0.6 is 24.1 Å². The maximum absolute atomic E-state index is 13.6. The summed E-state index contributed by atoms with van der Waals surface area (Å²) < 4.78 is 86.4. The second-order valence-electron chi connectivity index (χ2n) is 10.4. The molecule has 298 valence electrons. The molecule has 1 aliphatic rings. The van der Waals surface area contributed by atoms with Crippen LogP contribution in [0.2, 0.25) is 0 Å². The Morgan fingerprint density at radius 3 is 1.93 bits per heavy atom. The first-order valence-corrected chi connectivity index (χ1v) is 19.4. The molecule has 0 saturated carbocycles. The zero-order valence-electron chi connectivity index (χ0n) is 32.0. The number of carbonyl (C=O) groups is 2. The van der Waals surface area contributed by atoms with Crippen LogP contribution in [0.4, 0.5) is 5.69 Å². The second kappa shape index (κ2) is 29.8. The number of nitrogens with zero attached hydrogens (tertiary/aromatic N) is 3. The number of hydrogen-bond acceptors (Lipinski definition) is 21. The molecule has 0 unspecified atom stereocenters. The van der Waals surface area contributed by atoms with E-state index in [1.807, 2.05) is 0 Å². The number of aromatic nitrogens is 2. The Morgan fingerprint density at radius 1 is 0.847 bits per heavy atom. The van der Waals surface area contributed by atoms with Crippen molar-refractivity contribution in [2.24, 2.45) is 11.0 Å². The first-order valence-electron chi connectivity index (χ1n) is 15.1. The molecule has 0 spiro atoms. The third-order valence-electron chi connectivity index (χ3n) is 7.02. The number of hydrogen-bond donors (Lipinski definition) is 1. The summed E-state index contributed by atoms with van der Waals surface area (Å²) in [6, 6.07) is 6.02.